The molecule has 84 valence electrons. The highest BCUT2D eigenvalue weighted by atomic mass is 16.5. The molecule has 2 atom stereocenters. The van der Waals surface area contributed by atoms with Crippen LogP contribution in [0.5, 0.6) is 0 Å². The maximum atomic E-state index is 11.5. The van der Waals surface area contributed by atoms with Crippen LogP contribution in [0.2, 0.25) is 0 Å². The van der Waals surface area contributed by atoms with Crippen LogP contribution in [-0.4, -0.2) is 18.2 Å². The molecule has 1 rings (SSSR count). The van der Waals surface area contributed by atoms with E-state index in [1.54, 1.807) is 36.4 Å². The molecule has 1 aromatic rings. The summed E-state index contributed by atoms with van der Waals surface area (Å²) in [5, 5.41) is 19.0. The molecule has 0 saturated carbocycles. The molecule has 4 heteroatoms. The van der Waals surface area contributed by atoms with Crippen LogP contribution in [0, 0.1) is 16.7 Å². The lowest BCUT2D eigenvalue weighted by molar-refractivity contribution is -0.154. The summed E-state index contributed by atoms with van der Waals surface area (Å²) < 4.78 is 4.53. The van der Waals surface area contributed by atoms with E-state index < -0.39 is 17.5 Å². The van der Waals surface area contributed by atoms with Crippen LogP contribution >= 0.6 is 0 Å². The molecule has 16 heavy (non-hydrogen) atoms. The highest BCUT2D eigenvalue weighted by Crippen LogP contribution is 2.34. The van der Waals surface area contributed by atoms with Crippen LogP contribution in [-0.2, 0) is 9.53 Å². The van der Waals surface area contributed by atoms with Crippen molar-refractivity contribution >= 4 is 5.97 Å². The van der Waals surface area contributed by atoms with Crippen molar-refractivity contribution in [2.45, 2.75) is 13.0 Å². The van der Waals surface area contributed by atoms with Gasteiger partial charge in [0.05, 0.1) is 13.2 Å². The number of hydrogen-bond donors (Lipinski definition) is 1. The fourth-order valence-corrected chi connectivity index (χ4v) is 1.40. The number of aliphatic hydroxyl groups excluding tert-OH is 1. The van der Waals surface area contributed by atoms with Gasteiger partial charge < -0.3 is 9.84 Å². The first-order valence-corrected chi connectivity index (χ1v) is 4.79. The summed E-state index contributed by atoms with van der Waals surface area (Å²) in [5.74, 6) is -0.744. The van der Waals surface area contributed by atoms with Crippen LogP contribution < -0.4 is 0 Å². The zero-order valence-electron chi connectivity index (χ0n) is 9.18. The fraction of sp³-hybridized carbons (Fsp3) is 0.333. The number of hydrogen-bond acceptors (Lipinski definition) is 4. The molecule has 0 bridgehead atoms. The number of aliphatic hydroxyl groups is 1. The van der Waals surface area contributed by atoms with E-state index in [2.05, 4.69) is 4.74 Å². The maximum absolute atomic E-state index is 11.5. The SMILES string of the molecule is COC(=O)[C@@](C)(C#N)[C@H](O)c1ccccc1. The van der Waals surface area contributed by atoms with E-state index in [0.29, 0.717) is 5.56 Å². The topological polar surface area (TPSA) is 70.3 Å². The average Bonchev–Trinajstić information content (AvgIpc) is 2.36. The van der Waals surface area contributed by atoms with Gasteiger partial charge in [0.25, 0.3) is 0 Å². The minimum absolute atomic E-state index is 0.511. The largest absolute Gasteiger partial charge is 0.468 e. The van der Waals surface area contributed by atoms with Gasteiger partial charge in [-0.1, -0.05) is 30.3 Å². The number of nitriles is 1. The number of ether oxygens (including phenoxy) is 1. The standard InChI is InChI=1S/C12H13NO3/c1-12(8-13,11(15)16-2)10(14)9-6-4-3-5-7-9/h3-7,10,14H,1-2H3/t10-,12+/m1/s1. The predicted molar refractivity (Wildman–Crippen MR) is 57.1 cm³/mol. The first-order chi connectivity index (χ1) is 7.56. The van der Waals surface area contributed by atoms with Gasteiger partial charge in [0, 0.05) is 0 Å². The Morgan fingerprint density at radius 3 is 2.50 bits per heavy atom. The first-order valence-electron chi connectivity index (χ1n) is 4.79. The highest BCUT2D eigenvalue weighted by molar-refractivity contribution is 5.80. The van der Waals surface area contributed by atoms with Gasteiger partial charge >= 0.3 is 5.97 Å². The van der Waals surface area contributed by atoms with Gasteiger partial charge in [-0.15, -0.1) is 0 Å². The van der Waals surface area contributed by atoms with Crippen molar-refractivity contribution < 1.29 is 14.6 Å². The maximum Gasteiger partial charge on any atom is 0.329 e. The Morgan fingerprint density at radius 1 is 1.50 bits per heavy atom. The van der Waals surface area contributed by atoms with Gasteiger partial charge in [-0.25, -0.2) is 0 Å². The molecular weight excluding hydrogens is 206 g/mol. The average molecular weight is 219 g/mol. The van der Waals surface area contributed by atoms with Crippen molar-refractivity contribution in [2.24, 2.45) is 5.41 Å². The van der Waals surface area contributed by atoms with E-state index in [1.165, 1.54) is 14.0 Å². The van der Waals surface area contributed by atoms with E-state index in [4.69, 9.17) is 5.26 Å². The molecule has 0 aliphatic heterocycles. The number of rotatable bonds is 3. The van der Waals surface area contributed by atoms with Gasteiger partial charge in [0.1, 0.15) is 6.10 Å². The molecule has 0 radical (unpaired) electrons. The van der Waals surface area contributed by atoms with Gasteiger partial charge in [-0.05, 0) is 12.5 Å². The lowest BCUT2D eigenvalue weighted by Crippen LogP contribution is -2.34. The molecule has 0 unspecified atom stereocenters. The number of carbonyl (C=O) groups is 1. The fourth-order valence-electron chi connectivity index (χ4n) is 1.40. The summed E-state index contributed by atoms with van der Waals surface area (Å²) in [5.41, 5.74) is -1.08. The molecule has 1 aromatic carbocycles. The second-order valence-electron chi connectivity index (χ2n) is 3.62. The van der Waals surface area contributed by atoms with Crippen LogP contribution in [0.3, 0.4) is 0 Å². The predicted octanol–water partition coefficient (Wildman–Crippen LogP) is 1.42. The second-order valence-corrected chi connectivity index (χ2v) is 3.62. The van der Waals surface area contributed by atoms with Gasteiger partial charge in [-0.3, -0.25) is 4.79 Å². The number of carbonyl (C=O) groups excluding carboxylic acids is 1. The molecule has 0 aromatic heterocycles. The Balaban J connectivity index is 3.08. The molecule has 4 nitrogen and oxygen atoms in total. The molecule has 1 N–H and O–H groups in total. The van der Waals surface area contributed by atoms with E-state index in [0.717, 1.165) is 0 Å². The minimum Gasteiger partial charge on any atom is -0.468 e. The van der Waals surface area contributed by atoms with E-state index in [9.17, 15) is 9.90 Å². The van der Waals surface area contributed by atoms with E-state index in [-0.39, 0.29) is 0 Å². The lowest BCUT2D eigenvalue weighted by atomic mass is 9.82. The summed E-state index contributed by atoms with van der Waals surface area (Å²) in [6, 6.07) is 10.4. The smallest absolute Gasteiger partial charge is 0.329 e. The monoisotopic (exact) mass is 219 g/mol. The van der Waals surface area contributed by atoms with Crippen LogP contribution in [0.25, 0.3) is 0 Å². The van der Waals surface area contributed by atoms with Crippen LogP contribution in [0.4, 0.5) is 0 Å². The molecular formula is C12H13NO3. The first kappa shape index (κ1) is 12.2. The highest BCUT2D eigenvalue weighted by Gasteiger charge is 2.43. The van der Waals surface area contributed by atoms with Crippen molar-refractivity contribution in [1.29, 1.82) is 5.26 Å². The third kappa shape index (κ3) is 2.05. The molecule has 0 aliphatic carbocycles. The number of methoxy groups -OCH3 is 1. The Hall–Kier alpha value is -1.86. The number of esters is 1. The Morgan fingerprint density at radius 2 is 2.06 bits per heavy atom. The van der Waals surface area contributed by atoms with Crippen LogP contribution in [0.15, 0.2) is 30.3 Å². The van der Waals surface area contributed by atoms with Crippen molar-refractivity contribution in [3.05, 3.63) is 35.9 Å². The third-order valence-electron chi connectivity index (χ3n) is 2.50. The van der Waals surface area contributed by atoms with Gasteiger partial charge in [-0.2, -0.15) is 5.26 Å². The molecule has 0 heterocycles. The molecule has 0 saturated heterocycles. The van der Waals surface area contributed by atoms with Crippen molar-refractivity contribution in [3.8, 4) is 6.07 Å². The molecule has 0 aliphatic rings. The van der Waals surface area contributed by atoms with E-state index >= 15 is 0 Å². The molecule has 0 amide bonds. The van der Waals surface area contributed by atoms with Gasteiger partial charge in [0.2, 0.25) is 0 Å². The Labute approximate surface area is 94.1 Å². The number of benzene rings is 1. The normalized spacial score (nSPS) is 15.6. The zero-order valence-corrected chi connectivity index (χ0v) is 9.18. The summed E-state index contributed by atoms with van der Waals surface area (Å²) in [7, 11) is 1.19. The summed E-state index contributed by atoms with van der Waals surface area (Å²) in [4.78, 5) is 11.5. The number of nitrogens with zero attached hydrogens (tertiary/aromatic N) is 1. The molecule has 0 spiro atoms. The second kappa shape index (κ2) is 4.77. The van der Waals surface area contributed by atoms with Crippen molar-refractivity contribution in [1.82, 2.24) is 0 Å². The quantitative estimate of drug-likeness (QED) is 0.780. The summed E-state index contributed by atoms with van der Waals surface area (Å²) in [6.45, 7) is 1.36. The Kier molecular flexibility index (Phi) is 3.64. The van der Waals surface area contributed by atoms with Crippen molar-refractivity contribution in [3.63, 3.8) is 0 Å². The zero-order chi connectivity index (χ0) is 12.2. The Bertz CT molecular complexity index is 410. The lowest BCUT2D eigenvalue weighted by Gasteiger charge is -2.24. The molecule has 0 fully saturated rings. The third-order valence-corrected chi connectivity index (χ3v) is 2.50. The minimum atomic E-state index is -1.59. The summed E-state index contributed by atoms with van der Waals surface area (Å²) in [6.07, 6.45) is -1.20. The summed E-state index contributed by atoms with van der Waals surface area (Å²) >= 11 is 0. The van der Waals surface area contributed by atoms with E-state index in [1.807, 2.05) is 0 Å². The van der Waals surface area contributed by atoms with Crippen LogP contribution in [0.1, 0.15) is 18.6 Å². The van der Waals surface area contributed by atoms with Gasteiger partial charge in [0.15, 0.2) is 5.41 Å². The van der Waals surface area contributed by atoms with Crippen molar-refractivity contribution in [2.75, 3.05) is 7.11 Å².